The minimum Gasteiger partial charge on any atom is -0.496 e. The lowest BCUT2D eigenvalue weighted by atomic mass is 10.2. The number of rotatable bonds is 7. The molecule has 0 fully saturated rings. The van der Waals surface area contributed by atoms with Gasteiger partial charge in [0.05, 0.1) is 7.11 Å². The summed E-state index contributed by atoms with van der Waals surface area (Å²) in [5.74, 6) is 2.62. The standard InChI is InChI=1S/C14H19NO3S/c1-4-15-14(13-7-11(17-3)9-19-13)12-6-5-10(18-12)8-16-2/h5-7,9,14-15H,4,8H2,1-3H3. The van der Waals surface area contributed by atoms with Crippen LogP contribution in [-0.4, -0.2) is 20.8 Å². The Bertz CT molecular complexity index is 506. The van der Waals surface area contributed by atoms with E-state index in [1.807, 2.05) is 23.6 Å². The van der Waals surface area contributed by atoms with E-state index in [2.05, 4.69) is 12.2 Å². The second-order valence-electron chi connectivity index (χ2n) is 4.12. The number of thiophene rings is 1. The summed E-state index contributed by atoms with van der Waals surface area (Å²) in [6, 6.07) is 6.04. The van der Waals surface area contributed by atoms with Gasteiger partial charge in [-0.1, -0.05) is 6.92 Å². The van der Waals surface area contributed by atoms with Crippen LogP contribution in [-0.2, 0) is 11.3 Å². The summed E-state index contributed by atoms with van der Waals surface area (Å²) >= 11 is 1.66. The summed E-state index contributed by atoms with van der Waals surface area (Å²) in [7, 11) is 3.34. The number of methoxy groups -OCH3 is 2. The number of furan rings is 1. The summed E-state index contributed by atoms with van der Waals surface area (Å²) in [6.07, 6.45) is 0. The van der Waals surface area contributed by atoms with E-state index in [0.717, 1.165) is 23.8 Å². The molecule has 1 atom stereocenters. The van der Waals surface area contributed by atoms with E-state index in [-0.39, 0.29) is 6.04 Å². The van der Waals surface area contributed by atoms with Gasteiger partial charge in [-0.2, -0.15) is 0 Å². The van der Waals surface area contributed by atoms with Crippen LogP contribution in [0.15, 0.2) is 28.0 Å². The van der Waals surface area contributed by atoms with Crippen molar-refractivity contribution in [2.45, 2.75) is 19.6 Å². The van der Waals surface area contributed by atoms with Gasteiger partial charge in [-0.15, -0.1) is 11.3 Å². The SMILES string of the molecule is CCNC(c1ccc(COC)o1)c1cc(OC)cs1. The Morgan fingerprint density at radius 1 is 1.37 bits per heavy atom. The average molecular weight is 281 g/mol. The van der Waals surface area contributed by atoms with Crippen molar-refractivity contribution in [1.29, 1.82) is 0 Å². The van der Waals surface area contributed by atoms with Gasteiger partial charge < -0.3 is 19.2 Å². The molecule has 0 saturated carbocycles. The zero-order chi connectivity index (χ0) is 13.7. The molecule has 5 heteroatoms. The van der Waals surface area contributed by atoms with Gasteiger partial charge in [-0.25, -0.2) is 0 Å². The van der Waals surface area contributed by atoms with E-state index in [4.69, 9.17) is 13.9 Å². The zero-order valence-corrected chi connectivity index (χ0v) is 12.3. The lowest BCUT2D eigenvalue weighted by Crippen LogP contribution is -2.20. The van der Waals surface area contributed by atoms with E-state index in [1.165, 1.54) is 4.88 Å². The summed E-state index contributed by atoms with van der Waals surface area (Å²) in [4.78, 5) is 1.18. The number of ether oxygens (including phenoxy) is 2. The Hall–Kier alpha value is -1.30. The molecule has 0 radical (unpaired) electrons. The Morgan fingerprint density at radius 2 is 2.21 bits per heavy atom. The maximum Gasteiger partial charge on any atom is 0.129 e. The molecule has 1 N–H and O–H groups in total. The molecule has 0 spiro atoms. The van der Waals surface area contributed by atoms with E-state index in [0.29, 0.717) is 6.61 Å². The molecular weight excluding hydrogens is 262 g/mol. The van der Waals surface area contributed by atoms with E-state index in [1.54, 1.807) is 25.6 Å². The largest absolute Gasteiger partial charge is 0.496 e. The molecule has 2 aromatic rings. The second-order valence-corrected chi connectivity index (χ2v) is 5.06. The van der Waals surface area contributed by atoms with Crippen molar-refractivity contribution in [3.8, 4) is 5.75 Å². The topological polar surface area (TPSA) is 43.6 Å². The predicted molar refractivity (Wildman–Crippen MR) is 75.8 cm³/mol. The first-order valence-electron chi connectivity index (χ1n) is 6.21. The molecule has 0 aliphatic rings. The molecule has 0 saturated heterocycles. The van der Waals surface area contributed by atoms with Crippen molar-refractivity contribution >= 4 is 11.3 Å². The molecule has 104 valence electrons. The molecule has 0 amide bonds. The van der Waals surface area contributed by atoms with Gasteiger partial charge in [0, 0.05) is 17.4 Å². The van der Waals surface area contributed by atoms with Crippen molar-refractivity contribution in [2.75, 3.05) is 20.8 Å². The number of hydrogen-bond donors (Lipinski definition) is 1. The van der Waals surface area contributed by atoms with Crippen LogP contribution in [0.4, 0.5) is 0 Å². The first-order chi connectivity index (χ1) is 9.28. The van der Waals surface area contributed by atoms with Gasteiger partial charge in [0.1, 0.15) is 29.9 Å². The molecule has 19 heavy (non-hydrogen) atoms. The third-order valence-corrected chi connectivity index (χ3v) is 3.75. The molecule has 2 aromatic heterocycles. The van der Waals surface area contributed by atoms with Crippen LogP contribution in [0.25, 0.3) is 0 Å². The van der Waals surface area contributed by atoms with Crippen LogP contribution in [0.5, 0.6) is 5.75 Å². The molecule has 2 heterocycles. The normalized spacial score (nSPS) is 12.6. The molecular formula is C14H19NO3S. The predicted octanol–water partition coefficient (Wildman–Crippen LogP) is 3.20. The van der Waals surface area contributed by atoms with Crippen LogP contribution in [0, 0.1) is 0 Å². The van der Waals surface area contributed by atoms with Crippen molar-refractivity contribution in [1.82, 2.24) is 5.32 Å². The maximum atomic E-state index is 5.81. The van der Waals surface area contributed by atoms with E-state index < -0.39 is 0 Å². The molecule has 0 aromatic carbocycles. The lowest BCUT2D eigenvalue weighted by molar-refractivity contribution is 0.162. The highest BCUT2D eigenvalue weighted by atomic mass is 32.1. The Kier molecular flexibility index (Phi) is 5.01. The fraction of sp³-hybridized carbons (Fsp3) is 0.429. The summed E-state index contributed by atoms with van der Waals surface area (Å²) < 4.78 is 16.1. The lowest BCUT2D eigenvalue weighted by Gasteiger charge is -2.13. The van der Waals surface area contributed by atoms with Crippen molar-refractivity contribution in [3.05, 3.63) is 40.0 Å². The molecule has 0 aliphatic heterocycles. The van der Waals surface area contributed by atoms with Gasteiger partial charge in [0.15, 0.2) is 0 Å². The van der Waals surface area contributed by atoms with Crippen LogP contribution in [0.2, 0.25) is 0 Å². The minimum atomic E-state index is 0.0597. The smallest absolute Gasteiger partial charge is 0.129 e. The van der Waals surface area contributed by atoms with Crippen LogP contribution in [0.3, 0.4) is 0 Å². The van der Waals surface area contributed by atoms with Crippen molar-refractivity contribution in [3.63, 3.8) is 0 Å². The maximum absolute atomic E-state index is 5.81. The molecule has 0 aliphatic carbocycles. The van der Waals surface area contributed by atoms with Gasteiger partial charge >= 0.3 is 0 Å². The Labute approximate surface area is 117 Å². The summed E-state index contributed by atoms with van der Waals surface area (Å²) in [5.41, 5.74) is 0. The van der Waals surface area contributed by atoms with Gasteiger partial charge in [0.25, 0.3) is 0 Å². The van der Waals surface area contributed by atoms with Crippen molar-refractivity contribution in [2.24, 2.45) is 0 Å². The number of hydrogen-bond acceptors (Lipinski definition) is 5. The van der Waals surface area contributed by atoms with E-state index in [9.17, 15) is 0 Å². The first kappa shape index (κ1) is 14.1. The van der Waals surface area contributed by atoms with E-state index >= 15 is 0 Å². The van der Waals surface area contributed by atoms with Gasteiger partial charge in [-0.05, 0) is 24.7 Å². The third kappa shape index (κ3) is 3.37. The van der Waals surface area contributed by atoms with Gasteiger partial charge in [0.2, 0.25) is 0 Å². The van der Waals surface area contributed by atoms with Crippen LogP contribution < -0.4 is 10.1 Å². The minimum absolute atomic E-state index is 0.0597. The summed E-state index contributed by atoms with van der Waals surface area (Å²) in [6.45, 7) is 3.44. The highest BCUT2D eigenvalue weighted by Gasteiger charge is 2.19. The molecule has 0 bridgehead atoms. The molecule has 4 nitrogen and oxygen atoms in total. The highest BCUT2D eigenvalue weighted by Crippen LogP contribution is 2.31. The monoisotopic (exact) mass is 281 g/mol. The Balaban J connectivity index is 2.22. The molecule has 1 unspecified atom stereocenters. The van der Waals surface area contributed by atoms with Crippen molar-refractivity contribution < 1.29 is 13.9 Å². The highest BCUT2D eigenvalue weighted by molar-refractivity contribution is 7.10. The quantitative estimate of drug-likeness (QED) is 0.846. The third-order valence-electron chi connectivity index (χ3n) is 2.78. The van der Waals surface area contributed by atoms with Gasteiger partial charge in [-0.3, -0.25) is 0 Å². The zero-order valence-electron chi connectivity index (χ0n) is 11.4. The van der Waals surface area contributed by atoms with Crippen LogP contribution in [0.1, 0.15) is 29.4 Å². The fourth-order valence-electron chi connectivity index (χ4n) is 1.91. The summed E-state index contributed by atoms with van der Waals surface area (Å²) in [5, 5.41) is 5.43. The van der Waals surface area contributed by atoms with Crippen LogP contribution >= 0.6 is 11.3 Å². The number of nitrogens with one attached hydrogen (secondary N) is 1. The Morgan fingerprint density at radius 3 is 2.84 bits per heavy atom. The first-order valence-corrected chi connectivity index (χ1v) is 7.09. The fourth-order valence-corrected chi connectivity index (χ4v) is 2.84. The second kappa shape index (κ2) is 6.75. The average Bonchev–Trinajstić information content (AvgIpc) is 3.05. The molecule has 2 rings (SSSR count).